The Kier molecular flexibility index (Phi) is 5.23. The van der Waals surface area contributed by atoms with Gasteiger partial charge in [0.05, 0.1) is 0 Å². The number of rotatable bonds is 5. The summed E-state index contributed by atoms with van der Waals surface area (Å²) in [7, 11) is 0. The second-order valence-corrected chi connectivity index (χ2v) is 6.75. The second-order valence-electron chi connectivity index (χ2n) is 6.02. The van der Waals surface area contributed by atoms with Crippen LogP contribution >= 0.6 is 11.5 Å². The van der Waals surface area contributed by atoms with Crippen molar-refractivity contribution in [2.75, 3.05) is 24.5 Å². The van der Waals surface area contributed by atoms with Crippen LogP contribution in [0.4, 0.5) is 5.13 Å². The van der Waals surface area contributed by atoms with Gasteiger partial charge >= 0.3 is 0 Å². The van der Waals surface area contributed by atoms with Crippen molar-refractivity contribution >= 4 is 22.6 Å². The van der Waals surface area contributed by atoms with E-state index in [2.05, 4.69) is 26.7 Å². The van der Waals surface area contributed by atoms with Crippen molar-refractivity contribution in [3.8, 4) is 0 Å². The van der Waals surface area contributed by atoms with E-state index in [0.29, 0.717) is 5.92 Å². The minimum absolute atomic E-state index is 0.0575. The van der Waals surface area contributed by atoms with Crippen LogP contribution < -0.4 is 10.2 Å². The quantitative estimate of drug-likeness (QED) is 0.915. The average Bonchev–Trinajstić information content (AvgIpc) is 3.03. The van der Waals surface area contributed by atoms with Crippen molar-refractivity contribution in [2.24, 2.45) is 5.92 Å². The molecule has 6 heteroatoms. The first-order chi connectivity index (χ1) is 11.2. The summed E-state index contributed by atoms with van der Waals surface area (Å²) in [6, 6.07) is 10.3. The maximum Gasteiger partial charge on any atom is 0.216 e. The fourth-order valence-electron chi connectivity index (χ4n) is 2.84. The van der Waals surface area contributed by atoms with Gasteiger partial charge in [-0.15, -0.1) is 0 Å². The second kappa shape index (κ2) is 7.55. The van der Waals surface area contributed by atoms with E-state index < -0.39 is 0 Å². The average molecular weight is 330 g/mol. The molecule has 0 spiro atoms. The van der Waals surface area contributed by atoms with Gasteiger partial charge < -0.3 is 10.2 Å². The molecule has 0 aliphatic carbocycles. The summed E-state index contributed by atoms with van der Waals surface area (Å²) in [6.07, 6.45) is 2.97. The summed E-state index contributed by atoms with van der Waals surface area (Å²) in [6.45, 7) is 4.34. The molecule has 0 bridgehead atoms. The predicted molar refractivity (Wildman–Crippen MR) is 92.8 cm³/mol. The minimum atomic E-state index is 0.0575. The molecule has 0 radical (unpaired) electrons. The molecule has 1 amide bonds. The Hall–Kier alpha value is -1.95. The molecule has 0 saturated carbocycles. The third-order valence-electron chi connectivity index (χ3n) is 4.19. The fourth-order valence-corrected chi connectivity index (χ4v) is 3.58. The van der Waals surface area contributed by atoms with Crippen LogP contribution in [0.25, 0.3) is 0 Å². The molecule has 1 N–H and O–H groups in total. The van der Waals surface area contributed by atoms with Crippen molar-refractivity contribution in [1.29, 1.82) is 0 Å². The van der Waals surface area contributed by atoms with Crippen molar-refractivity contribution in [2.45, 2.75) is 26.2 Å². The van der Waals surface area contributed by atoms with Gasteiger partial charge in [-0.3, -0.25) is 4.79 Å². The first kappa shape index (κ1) is 15.9. The van der Waals surface area contributed by atoms with Gasteiger partial charge in [-0.2, -0.15) is 4.37 Å². The van der Waals surface area contributed by atoms with Gasteiger partial charge in [0.25, 0.3) is 0 Å². The standard InChI is InChI=1S/C17H22N4OS/c1-13(22)18-12-15-7-9-21(10-8-15)17-19-16(20-23-17)11-14-5-3-2-4-6-14/h2-6,15H,7-12H2,1H3,(H,18,22). The molecule has 0 atom stereocenters. The topological polar surface area (TPSA) is 58.1 Å². The molecular weight excluding hydrogens is 308 g/mol. The summed E-state index contributed by atoms with van der Waals surface area (Å²) in [5.41, 5.74) is 1.24. The molecule has 3 rings (SSSR count). The highest BCUT2D eigenvalue weighted by Crippen LogP contribution is 2.25. The van der Waals surface area contributed by atoms with Crippen LogP contribution in [0.2, 0.25) is 0 Å². The molecule has 2 aromatic rings. The third kappa shape index (κ3) is 4.51. The van der Waals surface area contributed by atoms with Crippen molar-refractivity contribution < 1.29 is 4.79 Å². The lowest BCUT2D eigenvalue weighted by Gasteiger charge is -2.31. The van der Waals surface area contributed by atoms with Crippen LogP contribution in [0.15, 0.2) is 30.3 Å². The number of hydrogen-bond acceptors (Lipinski definition) is 5. The number of benzene rings is 1. The molecule has 1 aromatic carbocycles. The largest absolute Gasteiger partial charge is 0.356 e. The number of hydrogen-bond donors (Lipinski definition) is 1. The molecule has 122 valence electrons. The summed E-state index contributed by atoms with van der Waals surface area (Å²) in [5.74, 6) is 1.53. The number of carbonyl (C=O) groups is 1. The van der Waals surface area contributed by atoms with Crippen LogP contribution in [-0.4, -0.2) is 34.9 Å². The van der Waals surface area contributed by atoms with Crippen LogP contribution in [0, 0.1) is 5.92 Å². The summed E-state index contributed by atoms with van der Waals surface area (Å²) < 4.78 is 4.50. The first-order valence-corrected chi connectivity index (χ1v) is 8.84. The fraction of sp³-hybridized carbons (Fsp3) is 0.471. The number of aromatic nitrogens is 2. The highest BCUT2D eigenvalue weighted by Gasteiger charge is 2.21. The summed E-state index contributed by atoms with van der Waals surface area (Å²) >= 11 is 1.49. The number of nitrogens with zero attached hydrogens (tertiary/aromatic N) is 3. The Bertz CT molecular complexity index is 635. The van der Waals surface area contributed by atoms with Gasteiger partial charge in [0.1, 0.15) is 5.82 Å². The van der Waals surface area contributed by atoms with Crippen molar-refractivity contribution in [3.63, 3.8) is 0 Å². The van der Waals surface area contributed by atoms with Gasteiger partial charge in [0.15, 0.2) is 0 Å². The maximum atomic E-state index is 11.0. The molecule has 2 heterocycles. The number of amides is 1. The number of anilines is 1. The maximum absolute atomic E-state index is 11.0. The molecule has 1 aromatic heterocycles. The first-order valence-electron chi connectivity index (χ1n) is 8.06. The molecule has 23 heavy (non-hydrogen) atoms. The van der Waals surface area contributed by atoms with E-state index in [1.807, 2.05) is 18.2 Å². The van der Waals surface area contributed by atoms with E-state index in [9.17, 15) is 4.79 Å². The van der Waals surface area contributed by atoms with Gasteiger partial charge in [0.2, 0.25) is 11.0 Å². The van der Waals surface area contributed by atoms with Crippen LogP contribution in [0.1, 0.15) is 31.2 Å². The van der Waals surface area contributed by atoms with Gasteiger partial charge in [-0.05, 0) is 24.3 Å². The molecular formula is C17H22N4OS. The van der Waals surface area contributed by atoms with Gasteiger partial charge in [0, 0.05) is 44.5 Å². The number of carbonyl (C=O) groups excluding carboxylic acids is 1. The number of piperidine rings is 1. The van der Waals surface area contributed by atoms with E-state index in [1.165, 1.54) is 17.1 Å². The molecule has 0 unspecified atom stereocenters. The number of nitrogens with one attached hydrogen (secondary N) is 1. The van der Waals surface area contributed by atoms with E-state index in [0.717, 1.165) is 49.9 Å². The van der Waals surface area contributed by atoms with Gasteiger partial charge in [-0.1, -0.05) is 30.3 Å². The normalized spacial score (nSPS) is 15.6. The minimum Gasteiger partial charge on any atom is -0.356 e. The van der Waals surface area contributed by atoms with Crippen LogP contribution in [0.3, 0.4) is 0 Å². The van der Waals surface area contributed by atoms with E-state index in [1.54, 1.807) is 6.92 Å². The lowest BCUT2D eigenvalue weighted by molar-refractivity contribution is -0.119. The Labute approximate surface area is 140 Å². The zero-order chi connectivity index (χ0) is 16.1. The monoisotopic (exact) mass is 330 g/mol. The summed E-state index contributed by atoms with van der Waals surface area (Å²) in [4.78, 5) is 18.0. The van der Waals surface area contributed by atoms with E-state index in [-0.39, 0.29) is 5.91 Å². The zero-order valence-corrected chi connectivity index (χ0v) is 14.2. The Morgan fingerprint density at radius 1 is 1.30 bits per heavy atom. The highest BCUT2D eigenvalue weighted by molar-refractivity contribution is 7.09. The molecule has 1 aliphatic rings. The molecule has 1 saturated heterocycles. The lowest BCUT2D eigenvalue weighted by atomic mass is 9.97. The van der Waals surface area contributed by atoms with E-state index in [4.69, 9.17) is 4.98 Å². The Morgan fingerprint density at radius 3 is 2.74 bits per heavy atom. The predicted octanol–water partition coefficient (Wildman–Crippen LogP) is 2.48. The van der Waals surface area contributed by atoms with Crippen molar-refractivity contribution in [1.82, 2.24) is 14.7 Å². The Morgan fingerprint density at radius 2 is 2.04 bits per heavy atom. The Balaban J connectivity index is 1.52. The molecule has 5 nitrogen and oxygen atoms in total. The molecule has 1 aliphatic heterocycles. The molecule has 1 fully saturated rings. The smallest absolute Gasteiger partial charge is 0.216 e. The van der Waals surface area contributed by atoms with Gasteiger partial charge in [-0.25, -0.2) is 4.98 Å². The lowest BCUT2D eigenvalue weighted by Crippen LogP contribution is -2.38. The SMILES string of the molecule is CC(=O)NCC1CCN(c2nc(Cc3ccccc3)ns2)CC1. The van der Waals surface area contributed by atoms with Crippen LogP contribution in [-0.2, 0) is 11.2 Å². The zero-order valence-electron chi connectivity index (χ0n) is 13.4. The third-order valence-corrected chi connectivity index (χ3v) is 5.00. The summed E-state index contributed by atoms with van der Waals surface area (Å²) in [5, 5.41) is 3.94. The highest BCUT2D eigenvalue weighted by atomic mass is 32.1. The van der Waals surface area contributed by atoms with E-state index >= 15 is 0 Å². The van der Waals surface area contributed by atoms with Crippen LogP contribution in [0.5, 0.6) is 0 Å². The van der Waals surface area contributed by atoms with Crippen molar-refractivity contribution in [3.05, 3.63) is 41.7 Å².